The number of halogens is 1. The normalized spacial score (nSPS) is 10.4. The number of benzene rings is 1. The van der Waals surface area contributed by atoms with Crippen molar-refractivity contribution in [3.63, 3.8) is 0 Å². The zero-order chi connectivity index (χ0) is 16.8. The molecule has 2 aromatic rings. The molecular formula is C17H18ClNO4. The first-order chi connectivity index (χ1) is 11.0. The Morgan fingerprint density at radius 3 is 2.78 bits per heavy atom. The largest absolute Gasteiger partial charge is 0.465 e. The van der Waals surface area contributed by atoms with Crippen LogP contribution in [0.2, 0.25) is 5.02 Å². The Bertz CT molecular complexity index is 708. The van der Waals surface area contributed by atoms with Crippen LogP contribution in [-0.4, -0.2) is 19.0 Å². The highest BCUT2D eigenvalue weighted by Gasteiger charge is 2.15. The average Bonchev–Trinajstić information content (AvgIpc) is 2.91. The van der Waals surface area contributed by atoms with Crippen LogP contribution in [-0.2, 0) is 22.5 Å². The van der Waals surface area contributed by atoms with E-state index in [4.69, 9.17) is 16.0 Å². The van der Waals surface area contributed by atoms with Gasteiger partial charge in [0.25, 0.3) is 0 Å². The van der Waals surface area contributed by atoms with E-state index in [1.807, 2.05) is 18.2 Å². The number of amides is 1. The van der Waals surface area contributed by atoms with Gasteiger partial charge in [-0.2, -0.15) is 0 Å². The van der Waals surface area contributed by atoms with Crippen LogP contribution in [0, 0.1) is 6.92 Å². The Kier molecular flexibility index (Phi) is 5.82. The lowest BCUT2D eigenvalue weighted by molar-refractivity contribution is -0.121. The molecule has 0 aliphatic heterocycles. The molecule has 122 valence electrons. The number of furan rings is 1. The van der Waals surface area contributed by atoms with Gasteiger partial charge in [0.05, 0.1) is 13.7 Å². The molecule has 5 nitrogen and oxygen atoms in total. The molecule has 1 amide bonds. The molecule has 0 aliphatic carbocycles. The molecule has 1 heterocycles. The van der Waals surface area contributed by atoms with Crippen LogP contribution >= 0.6 is 11.6 Å². The van der Waals surface area contributed by atoms with Gasteiger partial charge in [0.15, 0.2) is 0 Å². The lowest BCUT2D eigenvalue weighted by atomic mass is 10.1. The van der Waals surface area contributed by atoms with Gasteiger partial charge in [0.1, 0.15) is 17.1 Å². The van der Waals surface area contributed by atoms with Gasteiger partial charge in [-0.3, -0.25) is 4.79 Å². The van der Waals surface area contributed by atoms with E-state index in [-0.39, 0.29) is 12.5 Å². The smallest absolute Gasteiger partial charge is 0.341 e. The number of ether oxygens (including phenoxy) is 1. The maximum Gasteiger partial charge on any atom is 0.341 e. The van der Waals surface area contributed by atoms with Gasteiger partial charge in [-0.05, 0) is 37.1 Å². The number of esters is 1. The van der Waals surface area contributed by atoms with Crippen LogP contribution in [0.3, 0.4) is 0 Å². The van der Waals surface area contributed by atoms with Crippen molar-refractivity contribution < 1.29 is 18.7 Å². The van der Waals surface area contributed by atoms with Crippen molar-refractivity contribution in [2.75, 3.05) is 7.11 Å². The highest BCUT2D eigenvalue weighted by Crippen LogP contribution is 2.16. The minimum atomic E-state index is -0.454. The first-order valence-electron chi connectivity index (χ1n) is 7.18. The Labute approximate surface area is 139 Å². The van der Waals surface area contributed by atoms with Gasteiger partial charge in [0.2, 0.25) is 5.91 Å². The van der Waals surface area contributed by atoms with Gasteiger partial charge in [-0.15, -0.1) is 0 Å². The Morgan fingerprint density at radius 1 is 1.30 bits per heavy atom. The molecular weight excluding hydrogens is 318 g/mol. The molecule has 1 aromatic carbocycles. The highest BCUT2D eigenvalue weighted by molar-refractivity contribution is 6.30. The SMILES string of the molecule is COC(=O)c1cc(CNC(=O)CCc2cccc(Cl)c2)oc1C. The standard InChI is InChI=1S/C17H18ClNO4/c1-11-15(17(21)22-2)9-14(23-11)10-19-16(20)7-6-12-4-3-5-13(18)8-12/h3-5,8-9H,6-7,10H2,1-2H3,(H,19,20). The maximum atomic E-state index is 11.9. The van der Waals surface area contributed by atoms with Crippen molar-refractivity contribution in [1.82, 2.24) is 5.32 Å². The van der Waals surface area contributed by atoms with Crippen LogP contribution in [0.1, 0.15) is 33.9 Å². The van der Waals surface area contributed by atoms with E-state index in [2.05, 4.69) is 10.1 Å². The fourth-order valence-corrected chi connectivity index (χ4v) is 2.38. The summed E-state index contributed by atoms with van der Waals surface area (Å²) >= 11 is 5.91. The lowest BCUT2D eigenvalue weighted by Gasteiger charge is -2.04. The minimum absolute atomic E-state index is 0.0985. The molecule has 0 saturated heterocycles. The van der Waals surface area contributed by atoms with E-state index >= 15 is 0 Å². The lowest BCUT2D eigenvalue weighted by Crippen LogP contribution is -2.22. The first kappa shape index (κ1) is 17.1. The fraction of sp³-hybridized carbons (Fsp3) is 0.294. The summed E-state index contributed by atoms with van der Waals surface area (Å²) in [5, 5.41) is 3.42. The molecule has 2 rings (SSSR count). The zero-order valence-corrected chi connectivity index (χ0v) is 13.8. The van der Waals surface area contributed by atoms with Crippen LogP contribution < -0.4 is 5.32 Å². The summed E-state index contributed by atoms with van der Waals surface area (Å²) in [5.41, 5.74) is 1.38. The third-order valence-electron chi connectivity index (χ3n) is 3.36. The predicted octanol–water partition coefficient (Wildman–Crippen LogP) is 3.28. The molecule has 0 saturated carbocycles. The second-order valence-corrected chi connectivity index (χ2v) is 5.52. The molecule has 0 fully saturated rings. The number of methoxy groups -OCH3 is 1. The molecule has 0 spiro atoms. The number of rotatable bonds is 6. The van der Waals surface area contributed by atoms with Gasteiger partial charge in [-0.1, -0.05) is 23.7 Å². The van der Waals surface area contributed by atoms with E-state index in [0.717, 1.165) is 5.56 Å². The topological polar surface area (TPSA) is 68.5 Å². The van der Waals surface area contributed by atoms with E-state index in [1.165, 1.54) is 7.11 Å². The van der Waals surface area contributed by atoms with Crippen molar-refractivity contribution in [1.29, 1.82) is 0 Å². The minimum Gasteiger partial charge on any atom is -0.465 e. The number of carbonyl (C=O) groups is 2. The second-order valence-electron chi connectivity index (χ2n) is 5.08. The summed E-state index contributed by atoms with van der Waals surface area (Å²) in [5.74, 6) is 0.433. The van der Waals surface area contributed by atoms with Crippen LogP contribution in [0.4, 0.5) is 0 Å². The Balaban J connectivity index is 1.84. The molecule has 0 radical (unpaired) electrons. The molecule has 1 N–H and O–H groups in total. The van der Waals surface area contributed by atoms with Gasteiger partial charge < -0.3 is 14.5 Å². The summed E-state index contributed by atoms with van der Waals surface area (Å²) in [7, 11) is 1.31. The van der Waals surface area contributed by atoms with Crippen molar-refractivity contribution in [2.45, 2.75) is 26.3 Å². The summed E-state index contributed by atoms with van der Waals surface area (Å²) in [6.07, 6.45) is 0.959. The molecule has 0 atom stereocenters. The third-order valence-corrected chi connectivity index (χ3v) is 3.60. The summed E-state index contributed by atoms with van der Waals surface area (Å²) < 4.78 is 10.1. The third kappa shape index (κ3) is 4.86. The molecule has 1 aromatic heterocycles. The molecule has 6 heteroatoms. The number of hydrogen-bond donors (Lipinski definition) is 1. The van der Waals surface area contributed by atoms with E-state index in [9.17, 15) is 9.59 Å². The first-order valence-corrected chi connectivity index (χ1v) is 7.56. The van der Waals surface area contributed by atoms with Gasteiger partial charge in [-0.25, -0.2) is 4.79 Å². The van der Waals surface area contributed by atoms with Crippen molar-refractivity contribution in [2.24, 2.45) is 0 Å². The average molecular weight is 336 g/mol. The molecule has 23 heavy (non-hydrogen) atoms. The molecule has 0 aliphatic rings. The number of hydrogen-bond acceptors (Lipinski definition) is 4. The van der Waals surface area contributed by atoms with Gasteiger partial charge in [0, 0.05) is 11.4 Å². The van der Waals surface area contributed by atoms with Crippen LogP contribution in [0.15, 0.2) is 34.7 Å². The van der Waals surface area contributed by atoms with Crippen LogP contribution in [0.25, 0.3) is 0 Å². The second kappa shape index (κ2) is 7.83. The van der Waals surface area contributed by atoms with Crippen molar-refractivity contribution in [3.05, 3.63) is 58.0 Å². The predicted molar refractivity (Wildman–Crippen MR) is 86.4 cm³/mol. The van der Waals surface area contributed by atoms with Crippen molar-refractivity contribution in [3.8, 4) is 0 Å². The Morgan fingerprint density at radius 2 is 2.09 bits per heavy atom. The monoisotopic (exact) mass is 335 g/mol. The summed E-state index contributed by atoms with van der Waals surface area (Å²) in [6, 6.07) is 9.00. The van der Waals surface area contributed by atoms with Gasteiger partial charge >= 0.3 is 5.97 Å². The quantitative estimate of drug-likeness (QED) is 0.822. The van der Waals surface area contributed by atoms with Crippen molar-refractivity contribution >= 4 is 23.5 Å². The zero-order valence-electron chi connectivity index (χ0n) is 13.0. The number of nitrogens with one attached hydrogen (secondary N) is 1. The molecule has 0 unspecified atom stereocenters. The Hall–Kier alpha value is -2.27. The molecule has 0 bridgehead atoms. The van der Waals surface area contributed by atoms with E-state index < -0.39 is 5.97 Å². The number of aryl methyl sites for hydroxylation is 2. The number of carbonyl (C=O) groups excluding carboxylic acids is 2. The van der Waals surface area contributed by atoms with E-state index in [0.29, 0.717) is 34.9 Å². The fourth-order valence-electron chi connectivity index (χ4n) is 2.17. The van der Waals surface area contributed by atoms with Crippen LogP contribution in [0.5, 0.6) is 0 Å². The summed E-state index contributed by atoms with van der Waals surface area (Å²) in [6.45, 7) is 1.91. The van der Waals surface area contributed by atoms with E-state index in [1.54, 1.807) is 19.1 Å². The highest BCUT2D eigenvalue weighted by atomic mass is 35.5. The maximum absolute atomic E-state index is 11.9. The summed E-state index contributed by atoms with van der Waals surface area (Å²) in [4.78, 5) is 23.4.